The summed E-state index contributed by atoms with van der Waals surface area (Å²) in [7, 11) is 1.84. The summed E-state index contributed by atoms with van der Waals surface area (Å²) >= 11 is 0. The van der Waals surface area contributed by atoms with E-state index in [0.717, 1.165) is 22.5 Å². The first-order valence-corrected chi connectivity index (χ1v) is 9.84. The molecule has 0 spiro atoms. The van der Waals surface area contributed by atoms with Gasteiger partial charge in [0.25, 0.3) is 5.91 Å². The molecule has 2 aromatic carbocycles. The summed E-state index contributed by atoms with van der Waals surface area (Å²) in [6, 6.07) is 16.9. The Morgan fingerprint density at radius 1 is 1.06 bits per heavy atom. The molecule has 0 unspecified atom stereocenters. The highest BCUT2D eigenvalue weighted by molar-refractivity contribution is 5.94. The van der Waals surface area contributed by atoms with Crippen LogP contribution < -0.4 is 10.1 Å². The van der Waals surface area contributed by atoms with Gasteiger partial charge in [-0.3, -0.25) is 9.48 Å². The van der Waals surface area contributed by atoms with E-state index in [0.29, 0.717) is 18.0 Å². The maximum absolute atomic E-state index is 12.0. The maximum atomic E-state index is 12.0. The standard InChI is InChI=1S/C24H25N3O4/c1-17-22(18(2)27(3)26-17)13-14-24(29)31-16-23(28)25-20-9-11-21(12-10-20)30-15-19-7-5-4-6-8-19/h4-14H,15-16H2,1-3H3,(H,25,28)/b14-13+. The van der Waals surface area contributed by atoms with Crippen LogP contribution in [0.2, 0.25) is 0 Å². The van der Waals surface area contributed by atoms with Crippen LogP contribution in [0.25, 0.3) is 6.08 Å². The number of anilines is 1. The van der Waals surface area contributed by atoms with Crippen LogP contribution in [-0.4, -0.2) is 28.3 Å². The Bertz CT molecular complexity index is 1070. The lowest BCUT2D eigenvalue weighted by atomic mass is 10.2. The van der Waals surface area contributed by atoms with Gasteiger partial charge in [0, 0.05) is 30.1 Å². The predicted octanol–water partition coefficient (Wildman–Crippen LogP) is 3.81. The van der Waals surface area contributed by atoms with Crippen molar-refractivity contribution in [1.29, 1.82) is 0 Å². The lowest BCUT2D eigenvalue weighted by Crippen LogP contribution is -2.20. The average molecular weight is 419 g/mol. The molecule has 7 nitrogen and oxygen atoms in total. The highest BCUT2D eigenvalue weighted by Gasteiger charge is 2.09. The number of amides is 1. The molecule has 0 atom stereocenters. The molecule has 0 radical (unpaired) electrons. The van der Waals surface area contributed by atoms with Crippen molar-refractivity contribution >= 4 is 23.6 Å². The molecule has 7 heteroatoms. The Hall–Kier alpha value is -3.87. The van der Waals surface area contributed by atoms with Crippen LogP contribution in [0.3, 0.4) is 0 Å². The first kappa shape index (κ1) is 21.8. The van der Waals surface area contributed by atoms with E-state index in [1.807, 2.05) is 51.2 Å². The van der Waals surface area contributed by atoms with Gasteiger partial charge in [0.05, 0.1) is 5.69 Å². The van der Waals surface area contributed by atoms with Gasteiger partial charge in [-0.05, 0) is 49.8 Å². The first-order chi connectivity index (χ1) is 14.9. The van der Waals surface area contributed by atoms with Crippen LogP contribution in [0.1, 0.15) is 22.5 Å². The highest BCUT2D eigenvalue weighted by Crippen LogP contribution is 2.17. The predicted molar refractivity (Wildman–Crippen MR) is 119 cm³/mol. The number of aryl methyl sites for hydroxylation is 2. The van der Waals surface area contributed by atoms with Crippen molar-refractivity contribution in [1.82, 2.24) is 9.78 Å². The van der Waals surface area contributed by atoms with Gasteiger partial charge < -0.3 is 14.8 Å². The van der Waals surface area contributed by atoms with E-state index in [1.165, 1.54) is 6.08 Å². The second kappa shape index (κ2) is 10.2. The Morgan fingerprint density at radius 2 is 1.77 bits per heavy atom. The fourth-order valence-corrected chi connectivity index (χ4v) is 2.94. The van der Waals surface area contributed by atoms with Gasteiger partial charge in [0.1, 0.15) is 12.4 Å². The first-order valence-electron chi connectivity index (χ1n) is 9.84. The number of carbonyl (C=O) groups excluding carboxylic acids is 2. The number of nitrogens with zero attached hydrogens (tertiary/aromatic N) is 2. The zero-order valence-corrected chi connectivity index (χ0v) is 17.8. The third kappa shape index (κ3) is 6.30. The molecule has 1 N–H and O–H groups in total. The largest absolute Gasteiger partial charge is 0.489 e. The summed E-state index contributed by atoms with van der Waals surface area (Å²) in [4.78, 5) is 23.9. The van der Waals surface area contributed by atoms with Crippen molar-refractivity contribution in [3.63, 3.8) is 0 Å². The van der Waals surface area contributed by atoms with Gasteiger partial charge in [-0.15, -0.1) is 0 Å². The van der Waals surface area contributed by atoms with Crippen molar-refractivity contribution in [2.24, 2.45) is 7.05 Å². The zero-order valence-electron chi connectivity index (χ0n) is 17.8. The molecule has 3 rings (SSSR count). The molecule has 160 valence electrons. The number of carbonyl (C=O) groups is 2. The summed E-state index contributed by atoms with van der Waals surface area (Å²) in [5, 5.41) is 6.97. The van der Waals surface area contributed by atoms with Gasteiger partial charge >= 0.3 is 5.97 Å². The number of rotatable bonds is 8. The topological polar surface area (TPSA) is 82.5 Å². The molecule has 31 heavy (non-hydrogen) atoms. The van der Waals surface area contributed by atoms with Crippen LogP contribution >= 0.6 is 0 Å². The van der Waals surface area contributed by atoms with Crippen LogP contribution in [0.5, 0.6) is 5.75 Å². The van der Waals surface area contributed by atoms with Crippen LogP contribution in [0.15, 0.2) is 60.7 Å². The van der Waals surface area contributed by atoms with E-state index in [4.69, 9.17) is 9.47 Å². The average Bonchev–Trinajstić information content (AvgIpc) is 3.02. The molecule has 0 aliphatic rings. The molecule has 0 aliphatic heterocycles. The lowest BCUT2D eigenvalue weighted by Gasteiger charge is -2.08. The van der Waals surface area contributed by atoms with Crippen molar-refractivity contribution in [3.8, 4) is 5.75 Å². The van der Waals surface area contributed by atoms with Gasteiger partial charge in [-0.25, -0.2) is 4.79 Å². The molecule has 0 fully saturated rings. The summed E-state index contributed by atoms with van der Waals surface area (Å²) in [5.41, 5.74) is 4.28. The van der Waals surface area contributed by atoms with Crippen LogP contribution in [-0.2, 0) is 28.0 Å². The molecule has 0 saturated heterocycles. The SMILES string of the molecule is Cc1nn(C)c(C)c1/C=C/C(=O)OCC(=O)Nc1ccc(OCc2ccccc2)cc1. The third-order valence-corrected chi connectivity index (χ3v) is 4.68. The number of nitrogens with one attached hydrogen (secondary N) is 1. The number of benzene rings is 2. The second-order valence-electron chi connectivity index (χ2n) is 7.00. The third-order valence-electron chi connectivity index (χ3n) is 4.68. The Balaban J connectivity index is 1.43. The molecular formula is C24H25N3O4. The summed E-state index contributed by atoms with van der Waals surface area (Å²) in [5.74, 6) is -0.324. The van der Waals surface area contributed by atoms with Crippen molar-refractivity contribution in [2.75, 3.05) is 11.9 Å². The minimum Gasteiger partial charge on any atom is -0.489 e. The molecule has 1 heterocycles. The number of hydrogen-bond donors (Lipinski definition) is 1. The van der Waals surface area contributed by atoms with Crippen LogP contribution in [0, 0.1) is 13.8 Å². The fourth-order valence-electron chi connectivity index (χ4n) is 2.94. The van der Waals surface area contributed by atoms with E-state index in [2.05, 4.69) is 10.4 Å². The second-order valence-corrected chi connectivity index (χ2v) is 7.00. The maximum Gasteiger partial charge on any atom is 0.331 e. The normalized spacial score (nSPS) is 10.8. The fraction of sp³-hybridized carbons (Fsp3) is 0.208. The highest BCUT2D eigenvalue weighted by atomic mass is 16.5. The Labute approximate surface area is 181 Å². The van der Waals surface area contributed by atoms with Gasteiger partial charge in [0.2, 0.25) is 0 Å². The number of ether oxygens (including phenoxy) is 2. The number of esters is 1. The Morgan fingerprint density at radius 3 is 2.42 bits per heavy atom. The molecule has 1 amide bonds. The molecule has 0 saturated carbocycles. The van der Waals surface area contributed by atoms with E-state index in [-0.39, 0.29) is 6.61 Å². The molecule has 0 bridgehead atoms. The molecule has 0 aliphatic carbocycles. The zero-order chi connectivity index (χ0) is 22.2. The van der Waals surface area contributed by atoms with Gasteiger partial charge in [-0.2, -0.15) is 5.10 Å². The van der Waals surface area contributed by atoms with E-state index < -0.39 is 11.9 Å². The monoisotopic (exact) mass is 419 g/mol. The number of aromatic nitrogens is 2. The van der Waals surface area contributed by atoms with Gasteiger partial charge in [-0.1, -0.05) is 30.3 Å². The lowest BCUT2D eigenvalue weighted by molar-refractivity contribution is -0.142. The Kier molecular flexibility index (Phi) is 7.22. The summed E-state index contributed by atoms with van der Waals surface area (Å²) in [6.45, 7) is 3.87. The molecule has 3 aromatic rings. The molecule has 1 aromatic heterocycles. The minimum absolute atomic E-state index is 0.375. The van der Waals surface area contributed by atoms with E-state index >= 15 is 0 Å². The van der Waals surface area contributed by atoms with Crippen molar-refractivity contribution in [3.05, 3.63) is 83.2 Å². The minimum atomic E-state index is -0.595. The summed E-state index contributed by atoms with van der Waals surface area (Å²) in [6.07, 6.45) is 2.94. The van der Waals surface area contributed by atoms with E-state index in [9.17, 15) is 9.59 Å². The van der Waals surface area contributed by atoms with Gasteiger partial charge in [0.15, 0.2) is 6.61 Å². The smallest absolute Gasteiger partial charge is 0.331 e. The van der Waals surface area contributed by atoms with Crippen molar-refractivity contribution in [2.45, 2.75) is 20.5 Å². The van der Waals surface area contributed by atoms with Crippen molar-refractivity contribution < 1.29 is 19.1 Å². The molecular weight excluding hydrogens is 394 g/mol. The summed E-state index contributed by atoms with van der Waals surface area (Å²) < 4.78 is 12.5. The quantitative estimate of drug-likeness (QED) is 0.443. The van der Waals surface area contributed by atoms with E-state index in [1.54, 1.807) is 35.0 Å². The van der Waals surface area contributed by atoms with Crippen LogP contribution in [0.4, 0.5) is 5.69 Å². The number of hydrogen-bond acceptors (Lipinski definition) is 5.